The Morgan fingerprint density at radius 1 is 1.40 bits per heavy atom. The quantitative estimate of drug-likeness (QED) is 0.854. The molecule has 0 bridgehead atoms. The first-order chi connectivity index (χ1) is 7.24. The lowest BCUT2D eigenvalue weighted by atomic mass is 10.00. The molecule has 1 aromatic rings. The number of ether oxygens (including phenoxy) is 1. The van der Waals surface area contributed by atoms with E-state index >= 15 is 0 Å². The Bertz CT molecular complexity index is 276. The molecule has 1 aliphatic rings. The fraction of sp³-hybridized carbons (Fsp3) is 0.667. The van der Waals surface area contributed by atoms with Crippen molar-refractivity contribution in [1.29, 1.82) is 0 Å². The summed E-state index contributed by atoms with van der Waals surface area (Å²) >= 11 is 1.76. The van der Waals surface area contributed by atoms with E-state index in [0.29, 0.717) is 18.2 Å². The molecule has 3 heteroatoms. The Hall–Kier alpha value is -0.380. The van der Waals surface area contributed by atoms with Gasteiger partial charge in [0.25, 0.3) is 0 Å². The Kier molecular flexibility index (Phi) is 3.78. The van der Waals surface area contributed by atoms with Crippen molar-refractivity contribution in [3.05, 3.63) is 22.4 Å². The highest BCUT2D eigenvalue weighted by molar-refractivity contribution is 7.07. The molecule has 15 heavy (non-hydrogen) atoms. The molecule has 0 aromatic carbocycles. The lowest BCUT2D eigenvalue weighted by molar-refractivity contribution is -0.0422. The zero-order valence-electron chi connectivity index (χ0n) is 9.40. The summed E-state index contributed by atoms with van der Waals surface area (Å²) < 4.78 is 5.72. The van der Waals surface area contributed by atoms with Gasteiger partial charge in [0.1, 0.15) is 0 Å². The Morgan fingerprint density at radius 3 is 2.73 bits per heavy atom. The van der Waals surface area contributed by atoms with E-state index in [4.69, 9.17) is 4.74 Å². The largest absolute Gasteiger partial charge is 0.375 e. The van der Waals surface area contributed by atoms with Gasteiger partial charge >= 0.3 is 0 Å². The molecule has 1 aliphatic heterocycles. The fourth-order valence-electron chi connectivity index (χ4n) is 2.23. The van der Waals surface area contributed by atoms with Crippen LogP contribution in [0.25, 0.3) is 0 Å². The van der Waals surface area contributed by atoms with Gasteiger partial charge in [-0.15, -0.1) is 0 Å². The summed E-state index contributed by atoms with van der Waals surface area (Å²) in [7, 11) is 0. The van der Waals surface area contributed by atoms with Gasteiger partial charge in [0, 0.05) is 12.6 Å². The van der Waals surface area contributed by atoms with E-state index in [1.165, 1.54) is 5.56 Å². The van der Waals surface area contributed by atoms with Gasteiger partial charge in [-0.1, -0.05) is 0 Å². The first-order valence-corrected chi connectivity index (χ1v) is 6.58. The summed E-state index contributed by atoms with van der Waals surface area (Å²) in [6.45, 7) is 5.32. The Labute approximate surface area is 95.6 Å². The van der Waals surface area contributed by atoms with Gasteiger partial charge in [-0.05, 0) is 49.1 Å². The molecule has 0 radical (unpaired) electrons. The Balaban J connectivity index is 1.79. The normalized spacial score (nSPS) is 31.7. The number of hydrogen-bond acceptors (Lipinski definition) is 3. The zero-order chi connectivity index (χ0) is 10.7. The molecule has 2 rings (SSSR count). The molecule has 2 nitrogen and oxygen atoms in total. The molecule has 0 saturated carbocycles. The van der Waals surface area contributed by atoms with Crippen molar-refractivity contribution >= 4 is 11.3 Å². The molecular weight excluding hydrogens is 206 g/mol. The second kappa shape index (κ2) is 5.10. The maximum atomic E-state index is 5.72. The molecule has 2 unspecified atom stereocenters. The molecule has 1 fully saturated rings. The van der Waals surface area contributed by atoms with Crippen LogP contribution in [-0.4, -0.2) is 18.2 Å². The van der Waals surface area contributed by atoms with E-state index in [2.05, 4.69) is 36.0 Å². The van der Waals surface area contributed by atoms with Crippen LogP contribution in [0.5, 0.6) is 0 Å². The summed E-state index contributed by atoms with van der Waals surface area (Å²) in [6.07, 6.45) is 3.06. The molecule has 84 valence electrons. The molecule has 0 aliphatic carbocycles. The van der Waals surface area contributed by atoms with E-state index in [1.54, 1.807) is 11.3 Å². The van der Waals surface area contributed by atoms with E-state index in [9.17, 15) is 0 Å². The maximum Gasteiger partial charge on any atom is 0.0565 e. The predicted molar refractivity (Wildman–Crippen MR) is 64.2 cm³/mol. The standard InChI is InChI=1S/C12H19NOS/c1-9-5-12(6-10(2)14-9)13-7-11-3-4-15-8-11/h3-4,8-10,12-13H,5-7H2,1-2H3. The fourth-order valence-corrected chi connectivity index (χ4v) is 2.90. The summed E-state index contributed by atoms with van der Waals surface area (Å²) in [6, 6.07) is 2.80. The molecule has 1 saturated heterocycles. The minimum Gasteiger partial charge on any atom is -0.375 e. The summed E-state index contributed by atoms with van der Waals surface area (Å²) in [4.78, 5) is 0. The number of rotatable bonds is 3. The van der Waals surface area contributed by atoms with Crippen LogP contribution in [0.2, 0.25) is 0 Å². The first kappa shape index (κ1) is 11.1. The molecule has 2 heterocycles. The number of hydrogen-bond donors (Lipinski definition) is 1. The summed E-state index contributed by atoms with van der Waals surface area (Å²) in [5.74, 6) is 0. The van der Waals surface area contributed by atoms with Gasteiger partial charge in [-0.3, -0.25) is 0 Å². The zero-order valence-corrected chi connectivity index (χ0v) is 10.2. The monoisotopic (exact) mass is 225 g/mol. The SMILES string of the molecule is CC1CC(NCc2ccsc2)CC(C)O1. The van der Waals surface area contributed by atoms with Crippen molar-refractivity contribution in [3.8, 4) is 0 Å². The van der Waals surface area contributed by atoms with Gasteiger partial charge < -0.3 is 10.1 Å². The lowest BCUT2D eigenvalue weighted by Crippen LogP contribution is -2.40. The van der Waals surface area contributed by atoms with Crippen LogP contribution < -0.4 is 5.32 Å². The van der Waals surface area contributed by atoms with Gasteiger partial charge in [0.15, 0.2) is 0 Å². The number of nitrogens with one attached hydrogen (secondary N) is 1. The average molecular weight is 225 g/mol. The van der Waals surface area contributed by atoms with E-state index < -0.39 is 0 Å². The van der Waals surface area contributed by atoms with Crippen LogP contribution in [-0.2, 0) is 11.3 Å². The second-order valence-electron chi connectivity index (χ2n) is 4.44. The van der Waals surface area contributed by atoms with Crippen LogP contribution in [0, 0.1) is 0 Å². The number of thiophene rings is 1. The molecular formula is C12H19NOS. The van der Waals surface area contributed by atoms with Crippen LogP contribution >= 0.6 is 11.3 Å². The van der Waals surface area contributed by atoms with E-state index in [1.807, 2.05) is 0 Å². The third-order valence-corrected chi connectivity index (χ3v) is 3.60. The summed E-state index contributed by atoms with van der Waals surface area (Å²) in [5, 5.41) is 7.95. The second-order valence-corrected chi connectivity index (χ2v) is 5.22. The third kappa shape index (κ3) is 3.30. The first-order valence-electron chi connectivity index (χ1n) is 5.64. The highest BCUT2D eigenvalue weighted by atomic mass is 32.1. The van der Waals surface area contributed by atoms with Crippen molar-refractivity contribution in [1.82, 2.24) is 5.32 Å². The van der Waals surface area contributed by atoms with Gasteiger partial charge in [-0.25, -0.2) is 0 Å². The highest BCUT2D eigenvalue weighted by Gasteiger charge is 2.23. The maximum absolute atomic E-state index is 5.72. The van der Waals surface area contributed by atoms with Crippen LogP contribution in [0.15, 0.2) is 16.8 Å². The minimum atomic E-state index is 0.397. The van der Waals surface area contributed by atoms with Crippen molar-refractivity contribution < 1.29 is 4.74 Å². The molecule has 2 atom stereocenters. The van der Waals surface area contributed by atoms with Crippen LogP contribution in [0.3, 0.4) is 0 Å². The van der Waals surface area contributed by atoms with Gasteiger partial charge in [0.2, 0.25) is 0 Å². The van der Waals surface area contributed by atoms with E-state index in [-0.39, 0.29) is 0 Å². The van der Waals surface area contributed by atoms with Crippen molar-refractivity contribution in [3.63, 3.8) is 0 Å². The predicted octanol–water partition coefficient (Wildman–Crippen LogP) is 2.79. The van der Waals surface area contributed by atoms with Crippen LogP contribution in [0.1, 0.15) is 32.3 Å². The van der Waals surface area contributed by atoms with Gasteiger partial charge in [0.05, 0.1) is 12.2 Å². The highest BCUT2D eigenvalue weighted by Crippen LogP contribution is 2.19. The van der Waals surface area contributed by atoms with Gasteiger partial charge in [-0.2, -0.15) is 11.3 Å². The van der Waals surface area contributed by atoms with Crippen molar-refractivity contribution in [2.75, 3.05) is 0 Å². The lowest BCUT2D eigenvalue weighted by Gasteiger charge is -2.32. The topological polar surface area (TPSA) is 21.3 Å². The molecule has 0 spiro atoms. The van der Waals surface area contributed by atoms with E-state index in [0.717, 1.165) is 19.4 Å². The smallest absolute Gasteiger partial charge is 0.0565 e. The van der Waals surface area contributed by atoms with Crippen LogP contribution in [0.4, 0.5) is 0 Å². The van der Waals surface area contributed by atoms with Crippen molar-refractivity contribution in [2.45, 2.75) is 51.5 Å². The average Bonchev–Trinajstić information content (AvgIpc) is 2.65. The minimum absolute atomic E-state index is 0.397. The molecule has 0 amide bonds. The molecule has 1 aromatic heterocycles. The third-order valence-electron chi connectivity index (χ3n) is 2.87. The Morgan fingerprint density at radius 2 is 2.13 bits per heavy atom. The summed E-state index contributed by atoms with van der Waals surface area (Å²) in [5.41, 5.74) is 1.40. The molecule has 1 N–H and O–H groups in total. The van der Waals surface area contributed by atoms with Crippen molar-refractivity contribution in [2.24, 2.45) is 0 Å².